The summed E-state index contributed by atoms with van der Waals surface area (Å²) in [5, 5.41) is 1.02. The van der Waals surface area contributed by atoms with Crippen LogP contribution < -0.4 is 0 Å². The lowest BCUT2D eigenvalue weighted by Crippen LogP contribution is -2.30. The molecule has 2 aliphatic rings. The van der Waals surface area contributed by atoms with Crippen molar-refractivity contribution in [1.82, 2.24) is 4.98 Å². The number of pyridine rings is 1. The van der Waals surface area contributed by atoms with E-state index in [1.54, 1.807) is 18.2 Å². The number of Topliss-reactive ketones (excluding diaryl/α,β-unsaturated/α-hetero) is 1. The van der Waals surface area contributed by atoms with Gasteiger partial charge in [0.05, 0.1) is 21.8 Å². The second kappa shape index (κ2) is 8.47. The van der Waals surface area contributed by atoms with E-state index in [0.29, 0.717) is 58.4 Å². The number of ether oxygens (including phenoxy) is 1. The van der Waals surface area contributed by atoms with E-state index in [1.807, 2.05) is 24.3 Å². The molecule has 1 unspecified atom stereocenters. The fourth-order valence-corrected chi connectivity index (χ4v) is 4.82. The minimum atomic E-state index is -0.688. The van der Waals surface area contributed by atoms with E-state index >= 15 is 0 Å². The lowest BCUT2D eigenvalue weighted by atomic mass is 9.96. The molecule has 2 aliphatic carbocycles. The van der Waals surface area contributed by atoms with Crippen LogP contribution in [0.3, 0.4) is 0 Å². The van der Waals surface area contributed by atoms with Crippen LogP contribution in [0, 0.1) is 5.82 Å². The van der Waals surface area contributed by atoms with Gasteiger partial charge >= 0.3 is 5.97 Å². The average molecular weight is 450 g/mol. The molecule has 0 amide bonds. The molecule has 5 rings (SSSR count). The van der Waals surface area contributed by atoms with E-state index in [2.05, 4.69) is 0 Å². The van der Waals surface area contributed by atoms with Crippen molar-refractivity contribution in [2.45, 2.75) is 44.6 Å². The van der Waals surface area contributed by atoms with E-state index in [1.165, 1.54) is 6.07 Å². The highest BCUT2D eigenvalue weighted by atomic mass is 35.5. The van der Waals surface area contributed by atoms with Crippen LogP contribution in [-0.4, -0.2) is 22.8 Å². The molecule has 1 atom stereocenters. The molecule has 1 saturated carbocycles. The van der Waals surface area contributed by atoms with Gasteiger partial charge in [-0.1, -0.05) is 35.9 Å². The summed E-state index contributed by atoms with van der Waals surface area (Å²) in [5.41, 5.74) is 3.66. The molecule has 0 saturated heterocycles. The predicted octanol–water partition coefficient (Wildman–Crippen LogP) is 6.18. The lowest BCUT2D eigenvalue weighted by Gasteiger charge is -2.21. The van der Waals surface area contributed by atoms with Crippen LogP contribution in [0.5, 0.6) is 0 Å². The Kier molecular flexibility index (Phi) is 5.51. The topological polar surface area (TPSA) is 56.3 Å². The number of benzene rings is 2. The third-order valence-corrected chi connectivity index (χ3v) is 6.54. The second-order valence-corrected chi connectivity index (χ2v) is 8.65. The predicted molar refractivity (Wildman–Crippen MR) is 122 cm³/mol. The zero-order chi connectivity index (χ0) is 22.2. The number of ketones is 1. The first-order chi connectivity index (χ1) is 15.5. The number of halogens is 2. The van der Waals surface area contributed by atoms with E-state index in [9.17, 15) is 14.0 Å². The molecule has 1 aromatic heterocycles. The molecule has 2 aromatic carbocycles. The van der Waals surface area contributed by atoms with Gasteiger partial charge in [0.15, 0.2) is 11.9 Å². The Bertz CT molecular complexity index is 1260. The molecule has 3 aromatic rings. The molecule has 162 valence electrons. The quantitative estimate of drug-likeness (QED) is 0.448. The van der Waals surface area contributed by atoms with Gasteiger partial charge < -0.3 is 4.74 Å². The van der Waals surface area contributed by atoms with Gasteiger partial charge in [-0.05, 0) is 67.5 Å². The summed E-state index contributed by atoms with van der Waals surface area (Å²) >= 11 is 6.22. The second-order valence-electron chi connectivity index (χ2n) is 8.24. The largest absolute Gasteiger partial charge is 0.451 e. The molecular weight excluding hydrogens is 429 g/mol. The van der Waals surface area contributed by atoms with Crippen LogP contribution in [0.1, 0.15) is 59.3 Å². The van der Waals surface area contributed by atoms with Crippen LogP contribution in [0.25, 0.3) is 22.6 Å². The van der Waals surface area contributed by atoms with E-state index in [4.69, 9.17) is 21.3 Å². The maximum Gasteiger partial charge on any atom is 0.339 e. The molecule has 32 heavy (non-hydrogen) atoms. The molecule has 1 fully saturated rings. The number of nitrogens with zero attached hydrogens (tertiary/aromatic N) is 1. The molecule has 6 heteroatoms. The van der Waals surface area contributed by atoms with Crippen molar-refractivity contribution >= 4 is 45.9 Å². The summed E-state index contributed by atoms with van der Waals surface area (Å²) < 4.78 is 20.1. The first-order valence-corrected chi connectivity index (χ1v) is 11.2. The Morgan fingerprint density at radius 1 is 1.09 bits per heavy atom. The highest BCUT2D eigenvalue weighted by Gasteiger charge is 2.31. The molecule has 0 spiro atoms. The van der Waals surface area contributed by atoms with Crippen LogP contribution in [0.15, 0.2) is 42.5 Å². The normalized spacial score (nSPS) is 19.4. The van der Waals surface area contributed by atoms with Crippen molar-refractivity contribution in [2.24, 2.45) is 0 Å². The van der Waals surface area contributed by atoms with Gasteiger partial charge in [0.25, 0.3) is 0 Å². The SMILES string of the molecule is O=C(OC1CCCCC1=O)c1c2c(nc3ccccc13)C(=Cc1c(F)cccc1Cl)CC2. The van der Waals surface area contributed by atoms with Gasteiger partial charge in [0.2, 0.25) is 0 Å². The summed E-state index contributed by atoms with van der Waals surface area (Å²) in [4.78, 5) is 30.3. The number of allylic oxidation sites excluding steroid dienone is 1. The summed E-state index contributed by atoms with van der Waals surface area (Å²) in [6.07, 6.45) is 4.93. The van der Waals surface area contributed by atoms with Crippen LogP contribution >= 0.6 is 11.6 Å². The molecule has 0 aliphatic heterocycles. The Balaban J connectivity index is 1.61. The third kappa shape index (κ3) is 3.71. The van der Waals surface area contributed by atoms with Crippen molar-refractivity contribution in [3.8, 4) is 0 Å². The van der Waals surface area contributed by atoms with Crippen molar-refractivity contribution in [3.05, 3.63) is 75.7 Å². The Hall–Kier alpha value is -3.05. The average Bonchev–Trinajstić information content (AvgIpc) is 3.18. The van der Waals surface area contributed by atoms with Crippen LogP contribution in [0.2, 0.25) is 5.02 Å². The third-order valence-electron chi connectivity index (χ3n) is 6.21. The van der Waals surface area contributed by atoms with Crippen LogP contribution in [-0.2, 0) is 16.0 Å². The highest BCUT2D eigenvalue weighted by Crippen LogP contribution is 2.39. The Labute approximate surface area is 190 Å². The van der Waals surface area contributed by atoms with Crippen molar-refractivity contribution in [2.75, 3.05) is 0 Å². The lowest BCUT2D eigenvalue weighted by molar-refractivity contribution is -0.129. The maximum atomic E-state index is 14.4. The smallest absolute Gasteiger partial charge is 0.339 e. The molecular formula is C26H21ClFNO3. The molecule has 4 nitrogen and oxygen atoms in total. The zero-order valence-corrected chi connectivity index (χ0v) is 18.1. The summed E-state index contributed by atoms with van der Waals surface area (Å²) in [7, 11) is 0. The number of para-hydroxylation sites is 1. The van der Waals surface area contributed by atoms with Gasteiger partial charge in [0, 0.05) is 17.4 Å². The molecule has 0 bridgehead atoms. The number of esters is 1. The van der Waals surface area contributed by atoms with E-state index in [0.717, 1.165) is 24.0 Å². The monoisotopic (exact) mass is 449 g/mol. The molecule has 1 heterocycles. The number of carbonyl (C=O) groups excluding carboxylic acids is 2. The van der Waals surface area contributed by atoms with Crippen LogP contribution in [0.4, 0.5) is 4.39 Å². The first-order valence-electron chi connectivity index (χ1n) is 10.8. The van der Waals surface area contributed by atoms with Gasteiger partial charge in [-0.15, -0.1) is 0 Å². The number of rotatable bonds is 3. The number of hydrogen-bond acceptors (Lipinski definition) is 4. The Morgan fingerprint density at radius 2 is 1.94 bits per heavy atom. The molecule has 0 radical (unpaired) electrons. The fraction of sp³-hybridized carbons (Fsp3) is 0.269. The fourth-order valence-electron chi connectivity index (χ4n) is 4.60. The van der Waals surface area contributed by atoms with Gasteiger partial charge in [-0.25, -0.2) is 14.2 Å². The summed E-state index contributed by atoms with van der Waals surface area (Å²) in [6, 6.07) is 12.0. The first kappa shape index (κ1) is 20.8. The highest BCUT2D eigenvalue weighted by molar-refractivity contribution is 6.32. The summed E-state index contributed by atoms with van der Waals surface area (Å²) in [6.45, 7) is 0. The zero-order valence-electron chi connectivity index (χ0n) is 17.4. The minimum Gasteiger partial charge on any atom is -0.451 e. The number of fused-ring (bicyclic) bond motifs is 2. The van der Waals surface area contributed by atoms with Gasteiger partial charge in [-0.2, -0.15) is 0 Å². The van der Waals surface area contributed by atoms with Crippen molar-refractivity contribution < 1.29 is 18.7 Å². The van der Waals surface area contributed by atoms with E-state index in [-0.39, 0.29) is 5.78 Å². The van der Waals surface area contributed by atoms with Crippen molar-refractivity contribution in [3.63, 3.8) is 0 Å². The minimum absolute atomic E-state index is 0.0191. The molecule has 0 N–H and O–H groups in total. The van der Waals surface area contributed by atoms with E-state index < -0.39 is 17.9 Å². The van der Waals surface area contributed by atoms with Crippen molar-refractivity contribution in [1.29, 1.82) is 0 Å². The summed E-state index contributed by atoms with van der Waals surface area (Å²) in [5.74, 6) is -0.922. The van der Waals surface area contributed by atoms with Gasteiger partial charge in [-0.3, -0.25) is 4.79 Å². The van der Waals surface area contributed by atoms with Gasteiger partial charge in [0.1, 0.15) is 5.82 Å². The number of carbonyl (C=O) groups is 2. The number of hydrogen-bond donors (Lipinski definition) is 0. The Morgan fingerprint density at radius 3 is 2.75 bits per heavy atom. The standard InChI is InChI=1S/C26H21ClFNO3/c27-19-7-5-8-20(28)18(19)14-15-12-13-17-24(16-6-1-2-9-21(16)29-25(15)17)26(31)32-23-11-4-3-10-22(23)30/h1-2,5-9,14,23H,3-4,10-13H2. The number of aromatic nitrogens is 1. The maximum absolute atomic E-state index is 14.4.